The van der Waals surface area contributed by atoms with E-state index in [0.717, 1.165) is 36.5 Å². The van der Waals surface area contributed by atoms with E-state index in [1.807, 2.05) is 12.1 Å². The Kier molecular flexibility index (Phi) is 11.4. The number of unbranched alkanes of at least 4 members (excludes halogenated alkanes) is 2. The van der Waals surface area contributed by atoms with Gasteiger partial charge in [-0.1, -0.05) is 98.1 Å². The summed E-state index contributed by atoms with van der Waals surface area (Å²) in [4.78, 5) is 13.5. The summed E-state index contributed by atoms with van der Waals surface area (Å²) in [5, 5.41) is 3.10. The molecule has 2 aromatic carbocycles. The molecule has 2 aromatic rings. The van der Waals surface area contributed by atoms with Crippen LogP contribution in [0.1, 0.15) is 115 Å². The Labute approximate surface area is 235 Å². The van der Waals surface area contributed by atoms with Crippen LogP contribution in [0.4, 0.5) is 18.9 Å². The van der Waals surface area contributed by atoms with Crippen molar-refractivity contribution in [2.24, 2.45) is 5.41 Å². The number of carbonyl (C=O) groups excluding carboxylic acids is 1. The summed E-state index contributed by atoms with van der Waals surface area (Å²) in [6.07, 6.45) is -1.44. The van der Waals surface area contributed by atoms with Gasteiger partial charge in [0.1, 0.15) is 0 Å². The average Bonchev–Trinajstić information content (AvgIpc) is 2.80. The smallest absolute Gasteiger partial charge is 0.413 e. The SMILES string of the molecule is CCCCCC(CC(=O)Nc1cc(C(O[SiH](C)C)C(C)(C)C)ccc1C(C)(C)C)c1ccccc1C(F)(F)F. The summed E-state index contributed by atoms with van der Waals surface area (Å²) < 4.78 is 48.0. The molecule has 39 heavy (non-hydrogen) atoms. The monoisotopic (exact) mass is 563 g/mol. The van der Waals surface area contributed by atoms with Crippen LogP contribution in [-0.4, -0.2) is 14.9 Å². The molecule has 0 saturated carbocycles. The van der Waals surface area contributed by atoms with Crippen LogP contribution < -0.4 is 5.32 Å². The molecule has 7 heteroatoms. The second kappa shape index (κ2) is 13.5. The fourth-order valence-electron chi connectivity index (χ4n) is 5.08. The third-order valence-corrected chi connectivity index (χ3v) is 7.73. The van der Waals surface area contributed by atoms with Crippen molar-refractivity contribution < 1.29 is 22.4 Å². The molecular weight excluding hydrogens is 515 g/mol. The third-order valence-electron chi connectivity index (χ3n) is 6.92. The molecule has 0 bridgehead atoms. The predicted octanol–water partition coefficient (Wildman–Crippen LogP) is 9.78. The standard InChI is InChI=1S/C32H48F3NO2Si/c1-10-11-12-15-22(24-16-13-14-17-25(24)32(33,34)35)21-28(37)36-27-20-23(18-19-26(27)30(2,3)4)29(31(5,6)7)38-39(8)9/h13-14,16-20,22,29,39H,10-12,15,21H2,1-9H3,(H,36,37). The van der Waals surface area contributed by atoms with Gasteiger partial charge in [0.25, 0.3) is 0 Å². The zero-order chi connectivity index (χ0) is 29.6. The first-order valence-corrected chi connectivity index (χ1v) is 17.0. The van der Waals surface area contributed by atoms with Gasteiger partial charge in [-0.3, -0.25) is 4.79 Å². The molecule has 0 aromatic heterocycles. The maximum Gasteiger partial charge on any atom is 0.416 e. The van der Waals surface area contributed by atoms with Gasteiger partial charge < -0.3 is 9.74 Å². The lowest BCUT2D eigenvalue weighted by Crippen LogP contribution is -2.27. The highest BCUT2D eigenvalue weighted by molar-refractivity contribution is 6.48. The molecule has 0 heterocycles. The summed E-state index contributed by atoms with van der Waals surface area (Å²) in [5.74, 6) is -0.796. The zero-order valence-electron chi connectivity index (χ0n) is 25.3. The first-order valence-electron chi connectivity index (χ1n) is 14.2. The maximum atomic E-state index is 13.9. The van der Waals surface area contributed by atoms with E-state index in [1.54, 1.807) is 6.07 Å². The topological polar surface area (TPSA) is 38.3 Å². The average molecular weight is 564 g/mol. The Hall–Kier alpha value is -2.12. The molecule has 218 valence electrons. The molecule has 0 spiro atoms. The van der Waals surface area contributed by atoms with Crippen molar-refractivity contribution in [1.29, 1.82) is 0 Å². The van der Waals surface area contributed by atoms with Crippen molar-refractivity contribution in [1.82, 2.24) is 0 Å². The summed E-state index contributed by atoms with van der Waals surface area (Å²) in [6, 6.07) is 11.8. The molecule has 3 nitrogen and oxygen atoms in total. The number of hydrogen-bond acceptors (Lipinski definition) is 2. The van der Waals surface area contributed by atoms with Crippen molar-refractivity contribution in [3.63, 3.8) is 0 Å². The maximum absolute atomic E-state index is 13.9. The lowest BCUT2D eigenvalue weighted by atomic mass is 9.81. The van der Waals surface area contributed by atoms with E-state index in [1.165, 1.54) is 12.1 Å². The molecule has 1 N–H and O–H groups in total. The fraction of sp³-hybridized carbons (Fsp3) is 0.594. The number of carbonyl (C=O) groups is 1. The minimum atomic E-state index is -4.47. The molecule has 1 amide bonds. The van der Waals surface area contributed by atoms with Gasteiger partial charge in [-0.2, -0.15) is 13.2 Å². The third kappa shape index (κ3) is 9.78. The lowest BCUT2D eigenvalue weighted by molar-refractivity contribution is -0.138. The number of halogens is 3. The largest absolute Gasteiger partial charge is 0.416 e. The first kappa shape index (κ1) is 33.1. The quantitative estimate of drug-likeness (QED) is 0.218. The Balaban J connectivity index is 2.47. The Morgan fingerprint density at radius 3 is 2.13 bits per heavy atom. The van der Waals surface area contributed by atoms with Gasteiger partial charge in [0, 0.05) is 12.1 Å². The van der Waals surface area contributed by atoms with Gasteiger partial charge in [0.2, 0.25) is 5.91 Å². The molecule has 2 rings (SSSR count). The number of rotatable bonds is 11. The Morgan fingerprint density at radius 2 is 1.59 bits per heavy atom. The molecule has 0 fully saturated rings. The van der Waals surface area contributed by atoms with E-state index < -0.39 is 26.7 Å². The van der Waals surface area contributed by atoms with Gasteiger partial charge in [-0.05, 0) is 65.1 Å². The highest BCUT2D eigenvalue weighted by Crippen LogP contribution is 2.41. The summed E-state index contributed by atoms with van der Waals surface area (Å²) in [5.41, 5.74) is 1.83. The van der Waals surface area contributed by atoms with E-state index in [4.69, 9.17) is 4.43 Å². The number of benzene rings is 2. The van der Waals surface area contributed by atoms with Crippen molar-refractivity contribution in [3.8, 4) is 0 Å². The van der Waals surface area contributed by atoms with E-state index in [-0.39, 0.29) is 34.8 Å². The van der Waals surface area contributed by atoms with E-state index >= 15 is 0 Å². The molecular formula is C32H48F3NO2Si. The minimum Gasteiger partial charge on any atom is -0.413 e. The van der Waals surface area contributed by atoms with Crippen LogP contribution in [0.3, 0.4) is 0 Å². The lowest BCUT2D eigenvalue weighted by Gasteiger charge is -2.34. The molecule has 2 unspecified atom stereocenters. The van der Waals surface area contributed by atoms with Gasteiger partial charge in [-0.25, -0.2) is 0 Å². The van der Waals surface area contributed by atoms with Crippen LogP contribution >= 0.6 is 0 Å². The predicted molar refractivity (Wildman–Crippen MR) is 159 cm³/mol. The van der Waals surface area contributed by atoms with Crippen LogP contribution in [0.15, 0.2) is 42.5 Å². The first-order chi connectivity index (χ1) is 17.9. The van der Waals surface area contributed by atoms with Crippen LogP contribution in [-0.2, 0) is 20.8 Å². The highest BCUT2D eigenvalue weighted by atomic mass is 28.3. The molecule has 0 aliphatic carbocycles. The van der Waals surface area contributed by atoms with Gasteiger partial charge in [-0.15, -0.1) is 0 Å². The second-order valence-corrected chi connectivity index (χ2v) is 15.4. The number of anilines is 1. The van der Waals surface area contributed by atoms with Crippen molar-refractivity contribution in [2.45, 2.75) is 117 Å². The highest BCUT2D eigenvalue weighted by Gasteiger charge is 2.35. The van der Waals surface area contributed by atoms with Gasteiger partial charge in [0.05, 0.1) is 11.7 Å². The normalized spacial score (nSPS) is 14.4. The molecule has 0 aliphatic rings. The zero-order valence-corrected chi connectivity index (χ0v) is 26.4. The number of alkyl halides is 3. The minimum absolute atomic E-state index is 0.0112. The fourth-order valence-corrected chi connectivity index (χ4v) is 6.19. The van der Waals surface area contributed by atoms with E-state index in [2.05, 4.69) is 72.9 Å². The second-order valence-electron chi connectivity index (χ2n) is 13.0. The van der Waals surface area contributed by atoms with E-state index in [9.17, 15) is 18.0 Å². The van der Waals surface area contributed by atoms with Crippen molar-refractivity contribution in [3.05, 3.63) is 64.7 Å². The number of amides is 1. The molecule has 0 aliphatic heterocycles. The number of hydrogen-bond donors (Lipinski definition) is 1. The van der Waals surface area contributed by atoms with Gasteiger partial charge >= 0.3 is 6.18 Å². The van der Waals surface area contributed by atoms with Crippen molar-refractivity contribution in [2.75, 3.05) is 5.32 Å². The van der Waals surface area contributed by atoms with Gasteiger partial charge in [0.15, 0.2) is 9.04 Å². The summed E-state index contributed by atoms with van der Waals surface area (Å²) in [7, 11) is -1.36. The number of nitrogens with one attached hydrogen (secondary N) is 1. The molecule has 0 saturated heterocycles. The van der Waals surface area contributed by atoms with Crippen LogP contribution in [0, 0.1) is 5.41 Å². The Morgan fingerprint density at radius 1 is 0.949 bits per heavy atom. The van der Waals surface area contributed by atoms with E-state index in [0.29, 0.717) is 12.1 Å². The van der Waals surface area contributed by atoms with Crippen LogP contribution in [0.5, 0.6) is 0 Å². The molecule has 0 radical (unpaired) electrons. The molecule has 2 atom stereocenters. The Bertz CT molecular complexity index is 1080. The summed E-state index contributed by atoms with van der Waals surface area (Å²) in [6.45, 7) is 19.0. The van der Waals surface area contributed by atoms with Crippen LogP contribution in [0.2, 0.25) is 13.1 Å². The summed E-state index contributed by atoms with van der Waals surface area (Å²) >= 11 is 0. The van der Waals surface area contributed by atoms with Crippen LogP contribution in [0.25, 0.3) is 0 Å². The van der Waals surface area contributed by atoms with Crippen molar-refractivity contribution >= 4 is 20.6 Å².